The third-order valence-electron chi connectivity index (χ3n) is 1.94. The molecule has 0 saturated carbocycles. The molecule has 7 heteroatoms. The van der Waals surface area contributed by atoms with Crippen molar-refractivity contribution >= 4 is 29.5 Å². The summed E-state index contributed by atoms with van der Waals surface area (Å²) in [6.07, 6.45) is 1.34. The standard InChI is InChI=1S/C11H14N2O4S/c1-17-4-5-18-7-10(14)13-9-6-8(11(15)16)2-3-12-9/h2-3,6H,4-5,7H2,1H3,(H,15,16)(H,12,13,14). The van der Waals surface area contributed by atoms with Crippen LogP contribution in [0.25, 0.3) is 0 Å². The Morgan fingerprint density at radius 3 is 3.00 bits per heavy atom. The summed E-state index contributed by atoms with van der Waals surface area (Å²) in [7, 11) is 1.60. The minimum atomic E-state index is -1.05. The van der Waals surface area contributed by atoms with Crippen LogP contribution in [0.1, 0.15) is 10.4 Å². The molecule has 0 aliphatic carbocycles. The Kier molecular flexibility index (Phi) is 6.16. The highest BCUT2D eigenvalue weighted by atomic mass is 32.2. The number of thioether (sulfide) groups is 1. The van der Waals surface area contributed by atoms with Gasteiger partial charge in [0.05, 0.1) is 17.9 Å². The fraction of sp³-hybridized carbons (Fsp3) is 0.364. The largest absolute Gasteiger partial charge is 0.478 e. The Morgan fingerprint density at radius 2 is 2.33 bits per heavy atom. The molecule has 0 fully saturated rings. The molecule has 1 rings (SSSR count). The molecule has 18 heavy (non-hydrogen) atoms. The molecule has 0 aliphatic heterocycles. The molecule has 0 bridgehead atoms. The molecule has 2 N–H and O–H groups in total. The number of pyridine rings is 1. The van der Waals surface area contributed by atoms with Gasteiger partial charge in [-0.1, -0.05) is 0 Å². The van der Waals surface area contributed by atoms with E-state index < -0.39 is 5.97 Å². The summed E-state index contributed by atoms with van der Waals surface area (Å²) in [6, 6.07) is 2.69. The zero-order chi connectivity index (χ0) is 13.4. The molecule has 1 heterocycles. The van der Waals surface area contributed by atoms with Crippen LogP contribution in [0.2, 0.25) is 0 Å². The molecule has 0 radical (unpaired) electrons. The number of methoxy groups -OCH3 is 1. The lowest BCUT2D eigenvalue weighted by molar-refractivity contribution is -0.113. The van der Waals surface area contributed by atoms with Crippen molar-refractivity contribution in [1.29, 1.82) is 0 Å². The average Bonchev–Trinajstić information content (AvgIpc) is 2.35. The average molecular weight is 270 g/mol. The van der Waals surface area contributed by atoms with Gasteiger partial charge >= 0.3 is 5.97 Å². The zero-order valence-electron chi connectivity index (χ0n) is 9.88. The summed E-state index contributed by atoms with van der Waals surface area (Å²) in [4.78, 5) is 26.1. The van der Waals surface area contributed by atoms with E-state index in [0.29, 0.717) is 6.61 Å². The van der Waals surface area contributed by atoms with Crippen molar-refractivity contribution in [2.75, 3.05) is 30.5 Å². The number of amides is 1. The normalized spacial score (nSPS) is 10.1. The lowest BCUT2D eigenvalue weighted by atomic mass is 10.2. The van der Waals surface area contributed by atoms with E-state index in [9.17, 15) is 9.59 Å². The predicted molar refractivity (Wildman–Crippen MR) is 69.0 cm³/mol. The Balaban J connectivity index is 2.44. The van der Waals surface area contributed by atoms with E-state index in [1.54, 1.807) is 7.11 Å². The fourth-order valence-electron chi connectivity index (χ4n) is 1.12. The molecule has 0 spiro atoms. The van der Waals surface area contributed by atoms with Crippen LogP contribution in [0.5, 0.6) is 0 Å². The van der Waals surface area contributed by atoms with Gasteiger partial charge < -0.3 is 15.2 Å². The van der Waals surface area contributed by atoms with Gasteiger partial charge in [0.15, 0.2) is 0 Å². The summed E-state index contributed by atoms with van der Waals surface area (Å²) >= 11 is 1.43. The maximum absolute atomic E-state index is 11.5. The van der Waals surface area contributed by atoms with Gasteiger partial charge in [0.25, 0.3) is 0 Å². The number of nitrogens with zero attached hydrogens (tertiary/aromatic N) is 1. The van der Waals surface area contributed by atoms with Crippen molar-refractivity contribution in [3.05, 3.63) is 23.9 Å². The highest BCUT2D eigenvalue weighted by molar-refractivity contribution is 7.99. The first-order valence-corrected chi connectivity index (χ1v) is 6.35. The van der Waals surface area contributed by atoms with Crippen molar-refractivity contribution in [3.63, 3.8) is 0 Å². The smallest absolute Gasteiger partial charge is 0.335 e. The molecule has 0 unspecified atom stereocenters. The van der Waals surface area contributed by atoms with E-state index in [0.717, 1.165) is 5.75 Å². The number of aromatic carboxylic acids is 1. The molecule has 0 aliphatic rings. The maximum atomic E-state index is 11.5. The minimum absolute atomic E-state index is 0.0901. The molecule has 1 amide bonds. The van der Waals surface area contributed by atoms with E-state index in [1.165, 1.54) is 30.1 Å². The predicted octanol–water partition coefficient (Wildman–Crippen LogP) is 1.10. The molecule has 1 aromatic rings. The highest BCUT2D eigenvalue weighted by Gasteiger charge is 2.07. The van der Waals surface area contributed by atoms with Crippen molar-refractivity contribution in [2.24, 2.45) is 0 Å². The summed E-state index contributed by atoms with van der Waals surface area (Å²) in [5, 5.41) is 11.3. The molecule has 0 atom stereocenters. The maximum Gasteiger partial charge on any atom is 0.335 e. The number of carboxylic acid groups (broad SMARTS) is 1. The van der Waals surface area contributed by atoms with Crippen LogP contribution >= 0.6 is 11.8 Å². The second-order valence-corrected chi connectivity index (χ2v) is 4.43. The number of carboxylic acids is 1. The summed E-state index contributed by atoms with van der Waals surface area (Å²) in [5.74, 6) is -0.0183. The number of aromatic nitrogens is 1. The topological polar surface area (TPSA) is 88.5 Å². The van der Waals surface area contributed by atoms with E-state index >= 15 is 0 Å². The van der Waals surface area contributed by atoms with Gasteiger partial charge in [-0.15, -0.1) is 11.8 Å². The molecular weight excluding hydrogens is 256 g/mol. The first-order chi connectivity index (χ1) is 8.63. The molecule has 0 aromatic carbocycles. The number of hydrogen-bond acceptors (Lipinski definition) is 5. The van der Waals surface area contributed by atoms with Gasteiger partial charge in [-0.3, -0.25) is 4.79 Å². The number of carbonyl (C=O) groups excluding carboxylic acids is 1. The third-order valence-corrected chi connectivity index (χ3v) is 2.86. The van der Waals surface area contributed by atoms with Gasteiger partial charge in [0, 0.05) is 19.1 Å². The zero-order valence-corrected chi connectivity index (χ0v) is 10.7. The van der Waals surface area contributed by atoms with Gasteiger partial charge in [0.2, 0.25) is 5.91 Å². The second kappa shape index (κ2) is 7.67. The van der Waals surface area contributed by atoms with E-state index in [-0.39, 0.29) is 23.0 Å². The van der Waals surface area contributed by atoms with Gasteiger partial charge in [-0.05, 0) is 12.1 Å². The Morgan fingerprint density at radius 1 is 1.56 bits per heavy atom. The molecule has 0 saturated heterocycles. The van der Waals surface area contributed by atoms with Crippen LogP contribution in [0, 0.1) is 0 Å². The van der Waals surface area contributed by atoms with E-state index in [1.807, 2.05) is 0 Å². The monoisotopic (exact) mass is 270 g/mol. The lowest BCUT2D eigenvalue weighted by Crippen LogP contribution is -2.16. The number of ether oxygens (including phenoxy) is 1. The van der Waals surface area contributed by atoms with E-state index in [4.69, 9.17) is 9.84 Å². The number of rotatable bonds is 7. The van der Waals surface area contributed by atoms with Crippen molar-refractivity contribution in [2.45, 2.75) is 0 Å². The van der Waals surface area contributed by atoms with Crippen LogP contribution in [0.3, 0.4) is 0 Å². The summed E-state index contributed by atoms with van der Waals surface area (Å²) in [6.45, 7) is 0.588. The van der Waals surface area contributed by atoms with Gasteiger partial charge in [0.1, 0.15) is 5.82 Å². The minimum Gasteiger partial charge on any atom is -0.478 e. The quantitative estimate of drug-likeness (QED) is 0.721. The van der Waals surface area contributed by atoms with Gasteiger partial charge in [-0.25, -0.2) is 9.78 Å². The van der Waals surface area contributed by atoms with Crippen molar-refractivity contribution in [1.82, 2.24) is 4.98 Å². The van der Waals surface area contributed by atoms with Crippen LogP contribution in [0.15, 0.2) is 18.3 Å². The van der Waals surface area contributed by atoms with Crippen LogP contribution in [-0.4, -0.2) is 47.2 Å². The second-order valence-electron chi connectivity index (χ2n) is 3.33. The van der Waals surface area contributed by atoms with Gasteiger partial charge in [-0.2, -0.15) is 0 Å². The first-order valence-electron chi connectivity index (χ1n) is 5.19. The SMILES string of the molecule is COCCSCC(=O)Nc1cc(C(=O)O)ccn1. The first kappa shape index (κ1) is 14.5. The fourth-order valence-corrected chi connectivity index (χ4v) is 1.80. The Bertz CT molecular complexity index is 425. The Hall–Kier alpha value is -1.60. The van der Waals surface area contributed by atoms with E-state index in [2.05, 4.69) is 10.3 Å². The van der Waals surface area contributed by atoms with Crippen LogP contribution in [-0.2, 0) is 9.53 Å². The third kappa shape index (κ3) is 5.15. The number of hydrogen-bond donors (Lipinski definition) is 2. The molecule has 6 nitrogen and oxygen atoms in total. The molecule has 98 valence electrons. The van der Waals surface area contributed by atoms with Crippen LogP contribution in [0.4, 0.5) is 5.82 Å². The number of anilines is 1. The van der Waals surface area contributed by atoms with Crippen molar-refractivity contribution in [3.8, 4) is 0 Å². The molecular formula is C11H14N2O4S. The number of carbonyl (C=O) groups is 2. The highest BCUT2D eigenvalue weighted by Crippen LogP contribution is 2.08. The molecule has 1 aromatic heterocycles. The Labute approximate surface area is 109 Å². The summed E-state index contributed by atoms with van der Waals surface area (Å²) < 4.78 is 4.85. The summed E-state index contributed by atoms with van der Waals surface area (Å²) in [5.41, 5.74) is 0.0901. The number of nitrogens with one attached hydrogen (secondary N) is 1. The van der Waals surface area contributed by atoms with Crippen molar-refractivity contribution < 1.29 is 19.4 Å². The lowest BCUT2D eigenvalue weighted by Gasteiger charge is -2.04. The van der Waals surface area contributed by atoms with Crippen LogP contribution < -0.4 is 5.32 Å².